The van der Waals surface area contributed by atoms with Gasteiger partial charge in [0.15, 0.2) is 0 Å². The lowest BCUT2D eigenvalue weighted by atomic mass is 9.82. The molecule has 10 rings (SSSR count). The van der Waals surface area contributed by atoms with E-state index in [1.807, 2.05) is 6.08 Å². The highest BCUT2D eigenvalue weighted by Gasteiger charge is 2.33. The maximum atomic E-state index is 4.08. The maximum absolute atomic E-state index is 4.08. The van der Waals surface area contributed by atoms with Gasteiger partial charge in [0.1, 0.15) is 0 Å². The van der Waals surface area contributed by atoms with Crippen LogP contribution in [0.5, 0.6) is 0 Å². The monoisotopic (exact) mass is 718 g/mol. The number of rotatable bonds is 6. The smallest absolute Gasteiger partial charge is 0.00702 e. The second kappa shape index (κ2) is 13.8. The predicted molar refractivity (Wildman–Crippen MR) is 241 cm³/mol. The van der Waals surface area contributed by atoms with Crippen LogP contribution in [0.15, 0.2) is 152 Å². The van der Waals surface area contributed by atoms with E-state index in [1.165, 1.54) is 116 Å². The highest BCUT2D eigenvalue weighted by molar-refractivity contribution is 6.00. The summed E-state index contributed by atoms with van der Waals surface area (Å²) in [5.41, 5.74) is 26.0. The van der Waals surface area contributed by atoms with Crippen molar-refractivity contribution in [1.29, 1.82) is 0 Å². The van der Waals surface area contributed by atoms with E-state index in [0.717, 1.165) is 25.7 Å². The minimum Gasteiger partial charge on any atom is -0.0991 e. The van der Waals surface area contributed by atoms with E-state index in [-0.39, 0.29) is 0 Å². The van der Waals surface area contributed by atoms with Crippen molar-refractivity contribution in [3.8, 4) is 55.6 Å². The molecule has 6 aromatic rings. The van der Waals surface area contributed by atoms with E-state index >= 15 is 0 Å². The van der Waals surface area contributed by atoms with Crippen molar-refractivity contribution >= 4 is 23.8 Å². The Hall–Kier alpha value is -6.24. The zero-order chi connectivity index (χ0) is 37.9. The molecule has 4 aliphatic rings. The molecule has 0 bridgehead atoms. The van der Waals surface area contributed by atoms with Gasteiger partial charge >= 0.3 is 0 Å². The second-order valence-electron chi connectivity index (χ2n) is 15.7. The van der Waals surface area contributed by atoms with Crippen LogP contribution in [0.4, 0.5) is 0 Å². The third-order valence-corrected chi connectivity index (χ3v) is 12.7. The molecule has 0 spiro atoms. The first-order valence-electron chi connectivity index (χ1n) is 20.3. The van der Waals surface area contributed by atoms with Crippen molar-refractivity contribution in [1.82, 2.24) is 0 Å². The lowest BCUT2D eigenvalue weighted by molar-refractivity contribution is 0.955. The van der Waals surface area contributed by atoms with Crippen LogP contribution in [-0.4, -0.2) is 0 Å². The summed E-state index contributed by atoms with van der Waals surface area (Å²) >= 11 is 0. The van der Waals surface area contributed by atoms with Crippen LogP contribution >= 0.6 is 0 Å². The normalized spacial score (nSPS) is 17.4. The van der Waals surface area contributed by atoms with Gasteiger partial charge in [-0.3, -0.25) is 0 Å². The summed E-state index contributed by atoms with van der Waals surface area (Å²) in [5.74, 6) is 0.331. The van der Waals surface area contributed by atoms with Crippen LogP contribution in [0.2, 0.25) is 0 Å². The second-order valence-corrected chi connectivity index (χ2v) is 15.7. The first-order chi connectivity index (χ1) is 27.6. The molecule has 0 saturated heterocycles. The summed E-state index contributed by atoms with van der Waals surface area (Å²) in [7, 11) is 0. The van der Waals surface area contributed by atoms with E-state index < -0.39 is 0 Å². The van der Waals surface area contributed by atoms with Gasteiger partial charge in [-0.15, -0.1) is 0 Å². The molecule has 0 saturated carbocycles. The fourth-order valence-electron chi connectivity index (χ4n) is 10.3. The van der Waals surface area contributed by atoms with Crippen molar-refractivity contribution in [2.45, 2.75) is 52.4 Å². The molecule has 0 radical (unpaired) electrons. The molecule has 0 aromatic heterocycles. The zero-order valence-corrected chi connectivity index (χ0v) is 32.6. The van der Waals surface area contributed by atoms with Gasteiger partial charge < -0.3 is 0 Å². The van der Waals surface area contributed by atoms with Gasteiger partial charge in [-0.1, -0.05) is 165 Å². The molecule has 6 aromatic carbocycles. The Balaban J connectivity index is 1.27. The first-order valence-corrected chi connectivity index (χ1v) is 20.3. The van der Waals surface area contributed by atoms with Crippen molar-refractivity contribution in [3.05, 3.63) is 201 Å². The van der Waals surface area contributed by atoms with Gasteiger partial charge in [-0.05, 0) is 162 Å². The molecular formula is C56H46. The van der Waals surface area contributed by atoms with Crippen LogP contribution in [0.25, 0.3) is 79.4 Å². The summed E-state index contributed by atoms with van der Waals surface area (Å²) in [6, 6.07) is 39.2. The molecule has 0 amide bonds. The van der Waals surface area contributed by atoms with Gasteiger partial charge in [0, 0.05) is 5.92 Å². The van der Waals surface area contributed by atoms with Gasteiger partial charge in [0.25, 0.3) is 0 Å². The number of fused-ring (bicyclic) bond motifs is 8. The maximum Gasteiger partial charge on any atom is 0.00702 e. The minimum absolute atomic E-state index is 0.331. The standard InChI is InChI=1S/C56H46/c1-5-8-20-45-41(7-3)35(4)51-33-39(26-28-47(45)51)55-49-24-16-15-23-48(49)54(38-25-27-44-40(32-38)31-37-19-13-14-22-42(37)44)53-34-52-46(21-9-6-2)43(29-30-50(52)56(53)55)36-17-11-10-12-18-36/h5-14,17-30,32-33,35H,2,15-16,31,34H2,1,3-4H3/b8-5-,21-9-,41-7-,45-20+. The highest BCUT2D eigenvalue weighted by atomic mass is 14.4. The summed E-state index contributed by atoms with van der Waals surface area (Å²) in [6.07, 6.45) is 24.3. The topological polar surface area (TPSA) is 0 Å². The highest BCUT2D eigenvalue weighted by Crippen LogP contribution is 2.51. The van der Waals surface area contributed by atoms with Crippen LogP contribution < -0.4 is 10.4 Å². The Bertz CT molecular complexity index is 2880. The number of hydrogen-bond acceptors (Lipinski definition) is 0. The van der Waals surface area contributed by atoms with Gasteiger partial charge in [-0.2, -0.15) is 0 Å². The molecule has 1 unspecified atom stereocenters. The SMILES string of the molecule is C=C/C=C\c1c(-c2ccccc2)ccc2c1Cc1c-2c(-c2ccc3c(c2)C(C)C(=C/C)/C3=C\C=C/C)c2c(c1-c1ccc3c(c1)Cc1ccccc1-3)=CCCC=2. The van der Waals surface area contributed by atoms with Crippen LogP contribution in [-0.2, 0) is 12.8 Å². The van der Waals surface area contributed by atoms with Gasteiger partial charge in [-0.25, -0.2) is 0 Å². The first kappa shape index (κ1) is 34.3. The molecule has 270 valence electrons. The molecule has 0 heteroatoms. The largest absolute Gasteiger partial charge is 0.0991 e. The Morgan fingerprint density at radius 2 is 1.29 bits per heavy atom. The number of benzene rings is 6. The predicted octanol–water partition coefficient (Wildman–Crippen LogP) is 13.4. The average Bonchev–Trinajstić information content (AvgIpc) is 3.89. The van der Waals surface area contributed by atoms with E-state index in [1.54, 1.807) is 0 Å². The minimum atomic E-state index is 0.331. The zero-order valence-electron chi connectivity index (χ0n) is 32.6. The lowest BCUT2D eigenvalue weighted by Crippen LogP contribution is -2.32. The molecule has 0 heterocycles. The molecule has 0 N–H and O–H groups in total. The Labute approximate surface area is 331 Å². The summed E-state index contributed by atoms with van der Waals surface area (Å²) in [5, 5.41) is 2.79. The van der Waals surface area contributed by atoms with E-state index in [9.17, 15) is 0 Å². The fraction of sp³-hybridized carbons (Fsp3) is 0.143. The number of hydrogen-bond donors (Lipinski definition) is 0. The molecule has 1 atom stereocenters. The average molecular weight is 719 g/mol. The summed E-state index contributed by atoms with van der Waals surface area (Å²) < 4.78 is 0. The fourth-order valence-corrected chi connectivity index (χ4v) is 10.3. The number of allylic oxidation sites excluding steroid dienone is 8. The van der Waals surface area contributed by atoms with Crippen LogP contribution in [0.3, 0.4) is 0 Å². The third kappa shape index (κ3) is 5.27. The summed E-state index contributed by atoms with van der Waals surface area (Å²) in [4.78, 5) is 0. The van der Waals surface area contributed by atoms with Crippen molar-refractivity contribution < 1.29 is 0 Å². The quantitative estimate of drug-likeness (QED) is 0.150. The molecular weight excluding hydrogens is 673 g/mol. The third-order valence-electron chi connectivity index (χ3n) is 12.7. The van der Waals surface area contributed by atoms with Gasteiger partial charge in [0.2, 0.25) is 0 Å². The molecule has 0 aliphatic heterocycles. The Kier molecular flexibility index (Phi) is 8.45. The van der Waals surface area contributed by atoms with Crippen LogP contribution in [0, 0.1) is 0 Å². The van der Waals surface area contributed by atoms with E-state index in [2.05, 4.69) is 179 Å². The van der Waals surface area contributed by atoms with Crippen LogP contribution in [0.1, 0.15) is 78.5 Å². The van der Waals surface area contributed by atoms with Crippen molar-refractivity contribution in [2.75, 3.05) is 0 Å². The Morgan fingerprint density at radius 1 is 0.589 bits per heavy atom. The van der Waals surface area contributed by atoms with Gasteiger partial charge in [0.05, 0.1) is 0 Å². The van der Waals surface area contributed by atoms with Crippen molar-refractivity contribution in [2.24, 2.45) is 0 Å². The lowest BCUT2D eigenvalue weighted by Gasteiger charge is -2.21. The van der Waals surface area contributed by atoms with E-state index in [0.29, 0.717) is 5.92 Å². The molecule has 0 fully saturated rings. The van der Waals surface area contributed by atoms with Crippen molar-refractivity contribution in [3.63, 3.8) is 0 Å². The summed E-state index contributed by atoms with van der Waals surface area (Å²) in [6.45, 7) is 10.7. The Morgan fingerprint density at radius 3 is 2.07 bits per heavy atom. The van der Waals surface area contributed by atoms with E-state index in [4.69, 9.17) is 0 Å². The molecule has 0 nitrogen and oxygen atoms in total. The molecule has 4 aliphatic carbocycles. The molecule has 56 heavy (non-hydrogen) atoms.